The van der Waals surface area contributed by atoms with Crippen molar-refractivity contribution in [3.8, 4) is 11.1 Å². The van der Waals surface area contributed by atoms with Crippen molar-refractivity contribution in [3.63, 3.8) is 0 Å². The number of rotatable bonds is 16. The average molecular weight is 755 g/mol. The van der Waals surface area contributed by atoms with Crippen LogP contribution < -0.4 is 0 Å². The second kappa shape index (κ2) is 15.4. The Hall–Kier alpha value is -5.33. The van der Waals surface area contributed by atoms with Gasteiger partial charge in [0.05, 0.1) is 23.7 Å². The van der Waals surface area contributed by atoms with Crippen LogP contribution in [0.1, 0.15) is 91.2 Å². The number of amides is 1. The lowest BCUT2D eigenvalue weighted by molar-refractivity contribution is -0.141. The first-order valence-electron chi connectivity index (χ1n) is 18.5. The third-order valence-electron chi connectivity index (χ3n) is 11.2. The molecule has 1 aliphatic carbocycles. The van der Waals surface area contributed by atoms with Crippen LogP contribution in [0.3, 0.4) is 0 Å². The lowest BCUT2D eigenvalue weighted by Gasteiger charge is -2.27. The standard InChI is InChI=1S/C42H45F3N6O4/c1-7-9-11-25(4)34(53)14-15-41-19-33(35(54)18-32-24(3)12-13-36(48-32)42(43,44)45)51(37(41)20-41)38(55)23-50-40-28(10-8-2)16-29(30-21-46-27(6)47-22-30)17-31(40)39(49-50)26(5)52/h7-8,12-13,16-17,21-22,25,33,37H,1-2,9-11,14-15,18-20,23H2,3-6H3/t25-,33+,37-,41+/m1/s1. The van der Waals surface area contributed by atoms with Gasteiger partial charge in [-0.05, 0) is 92.7 Å². The zero-order chi connectivity index (χ0) is 39.8. The van der Waals surface area contributed by atoms with Gasteiger partial charge in [0.1, 0.15) is 29.5 Å². The summed E-state index contributed by atoms with van der Waals surface area (Å²) in [4.78, 5) is 68.7. The molecule has 2 fully saturated rings. The molecular weight excluding hydrogens is 709 g/mol. The van der Waals surface area contributed by atoms with Crippen LogP contribution in [0.15, 0.2) is 62.0 Å². The minimum Gasteiger partial charge on any atom is -0.327 e. The van der Waals surface area contributed by atoms with Crippen molar-refractivity contribution in [1.29, 1.82) is 0 Å². The Bertz CT molecular complexity index is 2190. The third-order valence-corrected chi connectivity index (χ3v) is 11.2. The summed E-state index contributed by atoms with van der Waals surface area (Å²) in [5.74, 6) is -0.592. The molecule has 0 N–H and O–H groups in total. The Morgan fingerprint density at radius 3 is 2.42 bits per heavy atom. The molecule has 1 saturated heterocycles. The molecule has 1 aromatic carbocycles. The highest BCUT2D eigenvalue weighted by molar-refractivity contribution is 6.07. The van der Waals surface area contributed by atoms with E-state index in [0.717, 1.165) is 22.8 Å². The number of carbonyl (C=O) groups excluding carboxylic acids is 4. The van der Waals surface area contributed by atoms with E-state index >= 15 is 0 Å². The molecule has 4 heterocycles. The van der Waals surface area contributed by atoms with Gasteiger partial charge in [-0.25, -0.2) is 15.0 Å². The minimum absolute atomic E-state index is 0.00101. The number of nitrogens with zero attached hydrogens (tertiary/aromatic N) is 6. The maximum absolute atomic E-state index is 14.5. The van der Waals surface area contributed by atoms with E-state index in [4.69, 9.17) is 0 Å². The number of Topliss-reactive ketones (excluding diaryl/α,β-unsaturated/α-hetero) is 3. The van der Waals surface area contributed by atoms with Crippen LogP contribution in [-0.4, -0.2) is 65.0 Å². The summed E-state index contributed by atoms with van der Waals surface area (Å²) < 4.78 is 42.3. The molecule has 1 saturated carbocycles. The molecule has 0 spiro atoms. The number of alkyl halides is 3. The maximum atomic E-state index is 14.5. The molecule has 1 aliphatic heterocycles. The van der Waals surface area contributed by atoms with Crippen molar-refractivity contribution < 1.29 is 32.3 Å². The largest absolute Gasteiger partial charge is 0.433 e. The lowest BCUT2D eigenvalue weighted by atomic mass is 9.88. The van der Waals surface area contributed by atoms with E-state index in [2.05, 4.69) is 33.2 Å². The number of likely N-dealkylation sites (tertiary alicyclic amines) is 1. The van der Waals surface area contributed by atoms with Crippen LogP contribution in [0.5, 0.6) is 0 Å². The van der Waals surface area contributed by atoms with Gasteiger partial charge in [0.2, 0.25) is 5.91 Å². The fraction of sp³-hybridized carbons (Fsp3) is 0.429. The second-order valence-electron chi connectivity index (χ2n) is 15.0. The van der Waals surface area contributed by atoms with Crippen molar-refractivity contribution in [2.75, 3.05) is 0 Å². The predicted octanol–water partition coefficient (Wildman–Crippen LogP) is 7.58. The van der Waals surface area contributed by atoms with E-state index in [9.17, 15) is 32.3 Å². The van der Waals surface area contributed by atoms with Gasteiger partial charge in [0, 0.05) is 48.6 Å². The molecule has 6 rings (SSSR count). The van der Waals surface area contributed by atoms with Gasteiger partial charge < -0.3 is 4.90 Å². The molecule has 10 nitrogen and oxygen atoms in total. The number of pyridine rings is 1. The average Bonchev–Trinajstić information content (AvgIpc) is 3.55. The number of piperidine rings is 1. The molecule has 4 aromatic rings. The highest BCUT2D eigenvalue weighted by Crippen LogP contribution is 2.62. The number of fused-ring (bicyclic) bond motifs is 2. The van der Waals surface area contributed by atoms with Gasteiger partial charge in [0.15, 0.2) is 11.6 Å². The van der Waals surface area contributed by atoms with Crippen LogP contribution in [0.25, 0.3) is 22.0 Å². The fourth-order valence-electron chi connectivity index (χ4n) is 7.97. The van der Waals surface area contributed by atoms with E-state index in [1.807, 2.05) is 19.1 Å². The smallest absolute Gasteiger partial charge is 0.327 e. The van der Waals surface area contributed by atoms with Gasteiger partial charge in [-0.3, -0.25) is 23.9 Å². The van der Waals surface area contributed by atoms with Crippen LogP contribution in [-0.2, 0) is 39.9 Å². The van der Waals surface area contributed by atoms with E-state index in [1.165, 1.54) is 17.7 Å². The topological polar surface area (TPSA) is 128 Å². The van der Waals surface area contributed by atoms with Gasteiger partial charge in [-0.1, -0.05) is 25.1 Å². The quantitative estimate of drug-likeness (QED) is 0.0847. The Kier molecular flexibility index (Phi) is 11.0. The molecule has 288 valence electrons. The van der Waals surface area contributed by atoms with Crippen molar-refractivity contribution in [1.82, 2.24) is 29.6 Å². The Morgan fingerprint density at radius 1 is 1.04 bits per heavy atom. The number of hydrogen-bond acceptors (Lipinski definition) is 8. The Labute approximate surface area is 317 Å². The molecule has 13 heteroatoms. The fourth-order valence-corrected chi connectivity index (χ4v) is 7.97. The van der Waals surface area contributed by atoms with Crippen molar-refractivity contribution in [2.24, 2.45) is 11.3 Å². The molecule has 1 amide bonds. The molecule has 2 aliphatic rings. The molecular formula is C42H45F3N6O4. The third kappa shape index (κ3) is 8.06. The summed E-state index contributed by atoms with van der Waals surface area (Å²) in [5.41, 5.74) is 1.87. The zero-order valence-corrected chi connectivity index (χ0v) is 31.6. The number of ketones is 3. The van der Waals surface area contributed by atoms with Crippen LogP contribution in [0.2, 0.25) is 0 Å². The maximum Gasteiger partial charge on any atom is 0.433 e. The van der Waals surface area contributed by atoms with Crippen LogP contribution in [0.4, 0.5) is 13.2 Å². The minimum atomic E-state index is -4.69. The predicted molar refractivity (Wildman–Crippen MR) is 201 cm³/mol. The molecule has 3 aromatic heterocycles. The van der Waals surface area contributed by atoms with E-state index < -0.39 is 41.4 Å². The molecule has 0 unspecified atom stereocenters. The first-order chi connectivity index (χ1) is 26.1. The number of carbonyl (C=O) groups is 4. The number of aryl methyl sites for hydroxylation is 2. The number of benzene rings is 1. The molecule has 55 heavy (non-hydrogen) atoms. The summed E-state index contributed by atoms with van der Waals surface area (Å²) in [6, 6.07) is 4.65. The number of allylic oxidation sites excluding steroid dienone is 2. The van der Waals surface area contributed by atoms with E-state index in [0.29, 0.717) is 54.4 Å². The van der Waals surface area contributed by atoms with Crippen LogP contribution in [0, 0.1) is 25.2 Å². The highest BCUT2D eigenvalue weighted by atomic mass is 19.4. The number of aromatic nitrogens is 5. The van der Waals surface area contributed by atoms with E-state index in [-0.39, 0.29) is 54.3 Å². The monoisotopic (exact) mass is 754 g/mol. The van der Waals surface area contributed by atoms with Gasteiger partial charge in [-0.2, -0.15) is 18.3 Å². The number of hydrogen-bond donors (Lipinski definition) is 0. The highest BCUT2D eigenvalue weighted by Gasteiger charge is 2.66. The van der Waals surface area contributed by atoms with Crippen LogP contribution >= 0.6 is 0 Å². The molecule has 0 radical (unpaired) electrons. The first-order valence-corrected chi connectivity index (χ1v) is 18.5. The van der Waals surface area contributed by atoms with Gasteiger partial charge in [-0.15, -0.1) is 13.2 Å². The summed E-state index contributed by atoms with van der Waals surface area (Å²) >= 11 is 0. The Morgan fingerprint density at radius 2 is 1.76 bits per heavy atom. The summed E-state index contributed by atoms with van der Waals surface area (Å²) in [7, 11) is 0. The second-order valence-corrected chi connectivity index (χ2v) is 15.0. The normalized spacial score (nSPS) is 19.6. The lowest BCUT2D eigenvalue weighted by Crippen LogP contribution is -2.45. The molecule has 4 atom stereocenters. The van der Waals surface area contributed by atoms with Crippen molar-refractivity contribution in [2.45, 2.75) is 104 Å². The van der Waals surface area contributed by atoms with Gasteiger partial charge >= 0.3 is 6.18 Å². The van der Waals surface area contributed by atoms with Gasteiger partial charge in [0.25, 0.3) is 0 Å². The summed E-state index contributed by atoms with van der Waals surface area (Å²) in [6.45, 7) is 14.0. The molecule has 0 bridgehead atoms. The SMILES string of the molecule is C=CCC[C@@H](C)C(=O)CC[C@@]12C[C@@H](C(=O)Cc3nc(C(F)(F)F)ccc3C)N(C(=O)Cn3nc(C(C)=O)c4cc(-c5cnc(C)nc5)cc(CC=C)c43)[C@@H]1C2. The van der Waals surface area contributed by atoms with Crippen molar-refractivity contribution in [3.05, 3.63) is 96.0 Å². The zero-order valence-electron chi connectivity index (χ0n) is 31.6. The van der Waals surface area contributed by atoms with Crippen molar-refractivity contribution >= 4 is 34.2 Å². The number of halogens is 3. The summed E-state index contributed by atoms with van der Waals surface area (Å²) in [5, 5.41) is 5.18. The first kappa shape index (κ1) is 39.4. The Balaban J connectivity index is 1.34. The summed E-state index contributed by atoms with van der Waals surface area (Å²) in [6.07, 6.45) is 5.26. The van der Waals surface area contributed by atoms with E-state index in [1.54, 1.807) is 43.3 Å².